The first-order valence-electron chi connectivity index (χ1n) is 7.08. The number of benzene rings is 1. The summed E-state index contributed by atoms with van der Waals surface area (Å²) >= 11 is 0. The average Bonchev–Trinajstić information content (AvgIpc) is 2.55. The second-order valence-electron chi connectivity index (χ2n) is 5.22. The summed E-state index contributed by atoms with van der Waals surface area (Å²) in [6.45, 7) is 3.45. The van der Waals surface area contributed by atoms with Gasteiger partial charge < -0.3 is 9.64 Å². The van der Waals surface area contributed by atoms with Crippen LogP contribution in [0.2, 0.25) is 0 Å². The summed E-state index contributed by atoms with van der Waals surface area (Å²) < 4.78 is 5.82. The Morgan fingerprint density at radius 3 is 2.76 bits per heavy atom. The maximum atomic E-state index is 9.04. The SMILES string of the molecule is CC1CN(c2cccc(C#N)n2)C(c2ccccc2)CO1. The van der Waals surface area contributed by atoms with Crippen LogP contribution in [0.3, 0.4) is 0 Å². The molecule has 1 saturated heterocycles. The smallest absolute Gasteiger partial charge is 0.142 e. The summed E-state index contributed by atoms with van der Waals surface area (Å²) in [6.07, 6.45) is 0.150. The van der Waals surface area contributed by atoms with Crippen LogP contribution >= 0.6 is 0 Å². The number of hydrogen-bond acceptors (Lipinski definition) is 4. The van der Waals surface area contributed by atoms with Gasteiger partial charge >= 0.3 is 0 Å². The molecular formula is C17H17N3O. The number of aromatic nitrogens is 1. The largest absolute Gasteiger partial charge is 0.374 e. The Kier molecular flexibility index (Phi) is 3.85. The van der Waals surface area contributed by atoms with Gasteiger partial charge in [-0.15, -0.1) is 0 Å². The fourth-order valence-corrected chi connectivity index (χ4v) is 2.65. The minimum absolute atomic E-state index is 0.129. The summed E-state index contributed by atoms with van der Waals surface area (Å²) in [5.41, 5.74) is 1.65. The van der Waals surface area contributed by atoms with E-state index in [1.165, 1.54) is 5.56 Å². The van der Waals surface area contributed by atoms with Crippen molar-refractivity contribution in [3.8, 4) is 6.07 Å². The summed E-state index contributed by atoms with van der Waals surface area (Å²) in [5.74, 6) is 0.832. The number of rotatable bonds is 2. The molecular weight excluding hydrogens is 262 g/mol. The zero-order valence-corrected chi connectivity index (χ0v) is 11.9. The van der Waals surface area contributed by atoms with E-state index in [1.54, 1.807) is 6.07 Å². The van der Waals surface area contributed by atoms with E-state index in [4.69, 9.17) is 10.00 Å². The Morgan fingerprint density at radius 1 is 1.19 bits per heavy atom. The van der Waals surface area contributed by atoms with E-state index in [9.17, 15) is 0 Å². The molecule has 4 nitrogen and oxygen atoms in total. The molecule has 4 heteroatoms. The van der Waals surface area contributed by atoms with Crippen LogP contribution in [-0.4, -0.2) is 24.2 Å². The third kappa shape index (κ3) is 2.88. The normalized spacial score (nSPS) is 21.8. The molecule has 0 aliphatic carbocycles. The molecule has 0 N–H and O–H groups in total. The Bertz CT molecular complexity index is 651. The molecule has 0 saturated carbocycles. The Balaban J connectivity index is 1.97. The highest BCUT2D eigenvalue weighted by molar-refractivity contribution is 5.45. The summed E-state index contributed by atoms with van der Waals surface area (Å²) in [4.78, 5) is 6.66. The van der Waals surface area contributed by atoms with Crippen LogP contribution in [0.25, 0.3) is 0 Å². The predicted molar refractivity (Wildman–Crippen MR) is 80.9 cm³/mol. The molecule has 0 bridgehead atoms. The van der Waals surface area contributed by atoms with Gasteiger partial charge in [-0.2, -0.15) is 5.26 Å². The molecule has 1 aliphatic rings. The first-order valence-corrected chi connectivity index (χ1v) is 7.08. The molecule has 2 unspecified atom stereocenters. The molecule has 1 aromatic carbocycles. The van der Waals surface area contributed by atoms with Gasteiger partial charge in [0.2, 0.25) is 0 Å². The van der Waals surface area contributed by atoms with Crippen molar-refractivity contribution >= 4 is 5.82 Å². The number of nitrogens with zero attached hydrogens (tertiary/aromatic N) is 3. The highest BCUT2D eigenvalue weighted by atomic mass is 16.5. The second kappa shape index (κ2) is 5.94. The molecule has 2 aromatic rings. The monoisotopic (exact) mass is 279 g/mol. The fraction of sp³-hybridized carbons (Fsp3) is 0.294. The molecule has 1 fully saturated rings. The maximum absolute atomic E-state index is 9.04. The van der Waals surface area contributed by atoms with Gasteiger partial charge in [0.25, 0.3) is 0 Å². The van der Waals surface area contributed by atoms with Gasteiger partial charge in [0.1, 0.15) is 17.6 Å². The molecule has 21 heavy (non-hydrogen) atoms. The second-order valence-corrected chi connectivity index (χ2v) is 5.22. The Hall–Kier alpha value is -2.38. The predicted octanol–water partition coefficient (Wildman–Crippen LogP) is 2.92. The minimum atomic E-state index is 0.129. The van der Waals surface area contributed by atoms with Crippen molar-refractivity contribution in [2.75, 3.05) is 18.1 Å². The van der Waals surface area contributed by atoms with Gasteiger partial charge in [-0.1, -0.05) is 36.4 Å². The van der Waals surface area contributed by atoms with Crippen molar-refractivity contribution in [2.24, 2.45) is 0 Å². The van der Waals surface area contributed by atoms with Gasteiger partial charge in [0, 0.05) is 6.54 Å². The average molecular weight is 279 g/mol. The highest BCUT2D eigenvalue weighted by Gasteiger charge is 2.29. The van der Waals surface area contributed by atoms with Gasteiger partial charge in [-0.25, -0.2) is 4.98 Å². The fourth-order valence-electron chi connectivity index (χ4n) is 2.65. The summed E-state index contributed by atoms with van der Waals surface area (Å²) in [5, 5.41) is 9.04. The van der Waals surface area contributed by atoms with Crippen LogP contribution in [0, 0.1) is 11.3 Å². The van der Waals surface area contributed by atoms with Crippen molar-refractivity contribution in [1.29, 1.82) is 5.26 Å². The molecule has 106 valence electrons. The van der Waals surface area contributed by atoms with Crippen molar-refractivity contribution in [2.45, 2.75) is 19.1 Å². The topological polar surface area (TPSA) is 49.2 Å². The lowest BCUT2D eigenvalue weighted by Gasteiger charge is -2.39. The molecule has 3 rings (SSSR count). The lowest BCUT2D eigenvalue weighted by Crippen LogP contribution is -2.44. The van der Waals surface area contributed by atoms with E-state index in [-0.39, 0.29) is 12.1 Å². The lowest BCUT2D eigenvalue weighted by molar-refractivity contribution is 0.0300. The zero-order chi connectivity index (χ0) is 14.7. The standard InChI is InChI=1S/C17H17N3O/c1-13-11-20(17-9-5-8-15(10-18)19-17)16(12-21-13)14-6-3-2-4-7-14/h2-9,13,16H,11-12H2,1H3. The van der Waals surface area contributed by atoms with Gasteiger partial charge in [0.05, 0.1) is 18.8 Å². The molecule has 1 aliphatic heterocycles. The van der Waals surface area contributed by atoms with E-state index in [2.05, 4.69) is 35.0 Å². The molecule has 2 atom stereocenters. The maximum Gasteiger partial charge on any atom is 0.142 e. The third-order valence-corrected chi connectivity index (χ3v) is 3.70. The number of pyridine rings is 1. The molecule has 1 aromatic heterocycles. The van der Waals surface area contributed by atoms with Crippen molar-refractivity contribution < 1.29 is 4.74 Å². The number of morpholine rings is 1. The quantitative estimate of drug-likeness (QED) is 0.848. The van der Waals surface area contributed by atoms with Crippen molar-refractivity contribution in [3.05, 3.63) is 59.8 Å². The van der Waals surface area contributed by atoms with E-state index in [0.29, 0.717) is 12.3 Å². The first-order chi connectivity index (χ1) is 10.3. The molecule has 0 radical (unpaired) electrons. The summed E-state index contributed by atoms with van der Waals surface area (Å²) in [6, 6.07) is 18.1. The van der Waals surface area contributed by atoms with Crippen molar-refractivity contribution in [3.63, 3.8) is 0 Å². The Labute approximate surface area is 124 Å². The number of anilines is 1. The molecule has 2 heterocycles. The molecule has 0 spiro atoms. The van der Waals surface area contributed by atoms with Crippen LogP contribution in [0.4, 0.5) is 5.82 Å². The van der Waals surface area contributed by atoms with Crippen LogP contribution in [0.5, 0.6) is 0 Å². The number of nitriles is 1. The van der Waals surface area contributed by atoms with Crippen molar-refractivity contribution in [1.82, 2.24) is 4.98 Å². The van der Waals surface area contributed by atoms with E-state index in [0.717, 1.165) is 12.4 Å². The van der Waals surface area contributed by atoms with Crippen LogP contribution in [0.1, 0.15) is 24.2 Å². The lowest BCUT2D eigenvalue weighted by atomic mass is 10.0. The zero-order valence-electron chi connectivity index (χ0n) is 11.9. The third-order valence-electron chi connectivity index (χ3n) is 3.70. The highest BCUT2D eigenvalue weighted by Crippen LogP contribution is 2.30. The molecule has 0 amide bonds. The number of ether oxygens (including phenoxy) is 1. The minimum Gasteiger partial charge on any atom is -0.374 e. The summed E-state index contributed by atoms with van der Waals surface area (Å²) in [7, 11) is 0. The van der Waals surface area contributed by atoms with Gasteiger partial charge in [0.15, 0.2) is 0 Å². The van der Waals surface area contributed by atoms with E-state index in [1.807, 2.05) is 30.3 Å². The van der Waals surface area contributed by atoms with Gasteiger partial charge in [-0.3, -0.25) is 0 Å². The number of hydrogen-bond donors (Lipinski definition) is 0. The Morgan fingerprint density at radius 2 is 2.00 bits per heavy atom. The van der Waals surface area contributed by atoms with Crippen LogP contribution < -0.4 is 4.90 Å². The first kappa shape index (κ1) is 13.6. The van der Waals surface area contributed by atoms with E-state index < -0.39 is 0 Å². The van der Waals surface area contributed by atoms with Crippen LogP contribution in [0.15, 0.2) is 48.5 Å². The van der Waals surface area contributed by atoms with Crippen LogP contribution in [-0.2, 0) is 4.74 Å². The van der Waals surface area contributed by atoms with Gasteiger partial charge in [-0.05, 0) is 24.6 Å². The van der Waals surface area contributed by atoms with E-state index >= 15 is 0 Å².